The van der Waals surface area contributed by atoms with Crippen LogP contribution < -0.4 is 0 Å². The highest BCUT2D eigenvalue weighted by molar-refractivity contribution is 8.00. The molecule has 2 heterocycles. The minimum atomic E-state index is -0.623. The molecule has 32 heavy (non-hydrogen) atoms. The van der Waals surface area contributed by atoms with Gasteiger partial charge in [0.15, 0.2) is 0 Å². The number of carbonyl (C=O) groups is 3. The summed E-state index contributed by atoms with van der Waals surface area (Å²) in [6.45, 7) is 0.177. The van der Waals surface area contributed by atoms with Crippen molar-refractivity contribution in [2.75, 3.05) is 7.11 Å². The van der Waals surface area contributed by atoms with Crippen LogP contribution in [0.5, 0.6) is 0 Å². The van der Waals surface area contributed by atoms with Gasteiger partial charge in [-0.05, 0) is 30.5 Å². The highest BCUT2D eigenvalue weighted by Crippen LogP contribution is 2.47. The molecule has 0 spiro atoms. The molecule has 2 fully saturated rings. The van der Waals surface area contributed by atoms with Crippen molar-refractivity contribution < 1.29 is 23.9 Å². The van der Waals surface area contributed by atoms with Crippen molar-refractivity contribution in [1.82, 2.24) is 4.90 Å². The normalized spacial score (nSPS) is 24.2. The summed E-state index contributed by atoms with van der Waals surface area (Å²) in [6, 6.07) is 18.7. The van der Waals surface area contributed by atoms with Crippen LogP contribution in [0.4, 0.5) is 0 Å². The zero-order chi connectivity index (χ0) is 22.5. The van der Waals surface area contributed by atoms with Crippen LogP contribution in [0.2, 0.25) is 0 Å². The van der Waals surface area contributed by atoms with Crippen molar-refractivity contribution in [2.24, 2.45) is 5.92 Å². The summed E-state index contributed by atoms with van der Waals surface area (Å²) in [7, 11) is 1.32. The van der Waals surface area contributed by atoms with Gasteiger partial charge >= 0.3 is 11.9 Å². The fourth-order valence-corrected chi connectivity index (χ4v) is 5.63. The molecular weight excluding hydrogens is 426 g/mol. The standard InChI is InChI=1S/C25H25NO5S/c1-30-22(27)14-8-13-19-20-15-21(32-18-11-6-3-7-12-18)23(26(20)24(19)28)25(29)31-16-17-9-4-2-5-10-17/h2-12,14,19-21,23H,13,15-16H2,1H3/b14-8+/t19?,20?,21-,23-/m0/s1. The Morgan fingerprint density at radius 2 is 1.78 bits per heavy atom. The second kappa shape index (κ2) is 10.0. The number of rotatable bonds is 8. The lowest BCUT2D eigenvalue weighted by atomic mass is 9.85. The smallest absolute Gasteiger partial charge is 0.330 e. The van der Waals surface area contributed by atoms with E-state index in [0.29, 0.717) is 12.8 Å². The third-order valence-corrected chi connectivity index (χ3v) is 7.16. The Kier molecular flexibility index (Phi) is 6.95. The number of hydrogen-bond acceptors (Lipinski definition) is 6. The summed E-state index contributed by atoms with van der Waals surface area (Å²) in [5, 5.41) is -0.0933. The van der Waals surface area contributed by atoms with Crippen molar-refractivity contribution in [1.29, 1.82) is 0 Å². The number of methoxy groups -OCH3 is 1. The molecule has 2 aliphatic rings. The van der Waals surface area contributed by atoms with Crippen molar-refractivity contribution >= 4 is 29.6 Å². The SMILES string of the molecule is COC(=O)/C=C/CC1C(=O)N2C1C[C@H](Sc1ccccc1)[C@H]2C(=O)OCc1ccccc1. The first-order chi connectivity index (χ1) is 15.6. The number of carbonyl (C=O) groups excluding carboxylic acids is 3. The summed E-state index contributed by atoms with van der Waals surface area (Å²) in [4.78, 5) is 40.1. The summed E-state index contributed by atoms with van der Waals surface area (Å²) < 4.78 is 10.2. The first-order valence-corrected chi connectivity index (χ1v) is 11.5. The van der Waals surface area contributed by atoms with E-state index >= 15 is 0 Å². The molecule has 2 unspecified atom stereocenters. The molecule has 2 aromatic rings. The number of β-lactam (4-membered cyclic amide) rings is 1. The van der Waals surface area contributed by atoms with Crippen LogP contribution in [0.25, 0.3) is 0 Å². The molecular formula is C25H25NO5S. The molecule has 6 nitrogen and oxygen atoms in total. The lowest BCUT2D eigenvalue weighted by Gasteiger charge is -2.44. The Morgan fingerprint density at radius 3 is 2.47 bits per heavy atom. The maximum absolute atomic E-state index is 13.1. The van der Waals surface area contributed by atoms with E-state index in [4.69, 9.17) is 4.74 Å². The van der Waals surface area contributed by atoms with Gasteiger partial charge in [-0.3, -0.25) is 4.79 Å². The van der Waals surface area contributed by atoms with Gasteiger partial charge in [-0.1, -0.05) is 54.6 Å². The quantitative estimate of drug-likeness (QED) is 0.347. The molecule has 166 valence electrons. The van der Waals surface area contributed by atoms with Crippen molar-refractivity contribution in [3.05, 3.63) is 78.4 Å². The fourth-order valence-electron chi connectivity index (χ4n) is 4.30. The monoisotopic (exact) mass is 451 g/mol. The Labute approximate surface area is 191 Å². The van der Waals surface area contributed by atoms with Crippen LogP contribution in [-0.2, 0) is 30.5 Å². The summed E-state index contributed by atoms with van der Waals surface area (Å²) in [5.74, 6) is -1.12. The highest BCUT2D eigenvalue weighted by Gasteiger charge is 2.59. The number of nitrogens with zero attached hydrogens (tertiary/aromatic N) is 1. The molecule has 0 radical (unpaired) electrons. The predicted octanol–water partition coefficient (Wildman–Crippen LogP) is 3.61. The molecule has 0 aliphatic carbocycles. The first-order valence-electron chi connectivity index (χ1n) is 10.6. The van der Waals surface area contributed by atoms with Gasteiger partial charge in [0.05, 0.1) is 13.0 Å². The van der Waals surface area contributed by atoms with Gasteiger partial charge in [-0.15, -0.1) is 11.8 Å². The van der Waals surface area contributed by atoms with Crippen molar-refractivity contribution in [3.63, 3.8) is 0 Å². The molecule has 1 amide bonds. The number of allylic oxidation sites excluding steroid dienone is 1. The van der Waals surface area contributed by atoms with Crippen molar-refractivity contribution in [3.8, 4) is 0 Å². The lowest BCUT2D eigenvalue weighted by Crippen LogP contribution is -2.62. The Bertz CT molecular complexity index is 994. The van der Waals surface area contributed by atoms with Gasteiger partial charge in [-0.25, -0.2) is 9.59 Å². The third kappa shape index (κ3) is 4.72. The van der Waals surface area contributed by atoms with E-state index in [0.717, 1.165) is 10.5 Å². The molecule has 0 N–H and O–H groups in total. The van der Waals surface area contributed by atoms with Gasteiger partial charge in [0.1, 0.15) is 12.6 Å². The Morgan fingerprint density at radius 1 is 1.09 bits per heavy atom. The maximum atomic E-state index is 13.1. The lowest BCUT2D eigenvalue weighted by molar-refractivity contribution is -0.166. The zero-order valence-electron chi connectivity index (χ0n) is 17.8. The summed E-state index contributed by atoms with van der Waals surface area (Å²) >= 11 is 1.61. The van der Waals surface area contributed by atoms with Crippen LogP contribution in [0.15, 0.2) is 77.7 Å². The predicted molar refractivity (Wildman–Crippen MR) is 121 cm³/mol. The van der Waals surface area contributed by atoms with E-state index in [1.165, 1.54) is 13.2 Å². The van der Waals surface area contributed by atoms with Crippen LogP contribution in [-0.4, -0.2) is 47.2 Å². The maximum Gasteiger partial charge on any atom is 0.330 e. The van der Waals surface area contributed by atoms with Gasteiger partial charge in [0.2, 0.25) is 5.91 Å². The van der Waals surface area contributed by atoms with E-state index in [2.05, 4.69) is 4.74 Å². The van der Waals surface area contributed by atoms with Gasteiger partial charge in [0.25, 0.3) is 0 Å². The number of fused-ring (bicyclic) bond motifs is 1. The molecule has 2 aliphatic heterocycles. The van der Waals surface area contributed by atoms with E-state index in [-0.39, 0.29) is 35.7 Å². The number of ether oxygens (including phenoxy) is 2. The second-order valence-corrected chi connectivity index (χ2v) is 9.14. The van der Waals surface area contributed by atoms with E-state index < -0.39 is 12.0 Å². The minimum absolute atomic E-state index is 0.0414. The highest BCUT2D eigenvalue weighted by atomic mass is 32.2. The van der Waals surface area contributed by atoms with Crippen LogP contribution in [0.3, 0.4) is 0 Å². The molecule has 4 atom stereocenters. The minimum Gasteiger partial charge on any atom is -0.466 e. The number of benzene rings is 2. The zero-order valence-corrected chi connectivity index (χ0v) is 18.6. The average Bonchev–Trinajstić information content (AvgIpc) is 3.16. The van der Waals surface area contributed by atoms with Crippen LogP contribution in [0, 0.1) is 5.92 Å². The topological polar surface area (TPSA) is 72.9 Å². The van der Waals surface area contributed by atoms with Crippen LogP contribution >= 0.6 is 11.8 Å². The van der Waals surface area contributed by atoms with Gasteiger partial charge < -0.3 is 14.4 Å². The Hall–Kier alpha value is -3.06. The summed E-state index contributed by atoms with van der Waals surface area (Å²) in [5.41, 5.74) is 0.906. The second-order valence-electron chi connectivity index (χ2n) is 7.82. The Balaban J connectivity index is 1.48. The van der Waals surface area contributed by atoms with Gasteiger partial charge in [-0.2, -0.15) is 0 Å². The number of amides is 1. The van der Waals surface area contributed by atoms with E-state index in [1.54, 1.807) is 22.7 Å². The average molecular weight is 452 g/mol. The molecule has 2 saturated heterocycles. The van der Waals surface area contributed by atoms with Crippen LogP contribution in [0.1, 0.15) is 18.4 Å². The number of thioether (sulfide) groups is 1. The molecule has 7 heteroatoms. The molecule has 2 aromatic carbocycles. The summed E-state index contributed by atoms with van der Waals surface area (Å²) in [6.07, 6.45) is 4.16. The fraction of sp³-hybridized carbons (Fsp3) is 0.320. The molecule has 0 bridgehead atoms. The molecule has 0 aromatic heterocycles. The first kappa shape index (κ1) is 22.1. The van der Waals surface area contributed by atoms with E-state index in [9.17, 15) is 14.4 Å². The van der Waals surface area contributed by atoms with Crippen molar-refractivity contribution in [2.45, 2.75) is 41.7 Å². The van der Waals surface area contributed by atoms with Gasteiger partial charge in [0, 0.05) is 22.3 Å². The largest absolute Gasteiger partial charge is 0.466 e. The number of esters is 2. The molecule has 0 saturated carbocycles. The third-order valence-electron chi connectivity index (χ3n) is 5.86. The number of hydrogen-bond donors (Lipinski definition) is 0. The molecule has 4 rings (SSSR count). The van der Waals surface area contributed by atoms with E-state index in [1.807, 2.05) is 60.7 Å².